The average molecular weight is 260 g/mol. The predicted molar refractivity (Wildman–Crippen MR) is 70.3 cm³/mol. The van der Waals surface area contributed by atoms with E-state index < -0.39 is 0 Å². The highest BCUT2D eigenvalue weighted by atomic mass is 16.5. The van der Waals surface area contributed by atoms with E-state index in [1.165, 1.54) is 0 Å². The van der Waals surface area contributed by atoms with E-state index in [1.807, 2.05) is 4.90 Å². The predicted octanol–water partition coefficient (Wildman–Crippen LogP) is 1.64. The smallest absolute Gasteiger partial charge is 0.262 e. The third kappa shape index (κ3) is 1.95. The summed E-state index contributed by atoms with van der Waals surface area (Å²) in [4.78, 5) is 25.5. The summed E-state index contributed by atoms with van der Waals surface area (Å²) in [5.41, 5.74) is 1.07. The van der Waals surface area contributed by atoms with Gasteiger partial charge >= 0.3 is 0 Å². The maximum atomic E-state index is 12.4. The van der Waals surface area contributed by atoms with Crippen molar-refractivity contribution >= 4 is 17.5 Å². The van der Waals surface area contributed by atoms with Crippen LogP contribution < -0.4 is 10.1 Å². The van der Waals surface area contributed by atoms with Crippen LogP contribution >= 0.6 is 0 Å². The molecule has 5 nitrogen and oxygen atoms in total. The fourth-order valence-electron chi connectivity index (χ4n) is 2.42. The highest BCUT2D eigenvalue weighted by molar-refractivity contribution is 6.00. The molecule has 1 N–H and O–H groups in total. The quantitative estimate of drug-likeness (QED) is 0.835. The Morgan fingerprint density at radius 3 is 2.84 bits per heavy atom. The molecule has 5 heteroatoms. The molecule has 0 aromatic heterocycles. The van der Waals surface area contributed by atoms with Gasteiger partial charge in [-0.3, -0.25) is 9.59 Å². The summed E-state index contributed by atoms with van der Waals surface area (Å²) in [6.45, 7) is 4.92. The number of hydrogen-bond donors (Lipinski definition) is 1. The number of ether oxygens (including phenoxy) is 1. The van der Waals surface area contributed by atoms with Gasteiger partial charge in [0.15, 0.2) is 6.61 Å². The van der Waals surface area contributed by atoms with Crippen LogP contribution in [0.4, 0.5) is 5.69 Å². The maximum Gasteiger partial charge on any atom is 0.262 e. The van der Waals surface area contributed by atoms with Crippen molar-refractivity contribution in [3.8, 4) is 5.75 Å². The molecule has 2 aliphatic rings. The zero-order valence-electron chi connectivity index (χ0n) is 11.0. The molecular formula is C14H16N2O3. The molecule has 3 rings (SSSR count). The minimum Gasteiger partial charge on any atom is -0.482 e. The van der Waals surface area contributed by atoms with E-state index in [0.717, 1.165) is 13.0 Å². The fraction of sp³-hybridized carbons (Fsp3) is 0.429. The Balaban J connectivity index is 1.88. The Kier molecular flexibility index (Phi) is 2.52. The van der Waals surface area contributed by atoms with Gasteiger partial charge in [0.05, 0.1) is 5.69 Å². The van der Waals surface area contributed by atoms with Crippen molar-refractivity contribution in [3.63, 3.8) is 0 Å². The van der Waals surface area contributed by atoms with E-state index in [-0.39, 0.29) is 24.0 Å². The molecule has 1 saturated heterocycles. The van der Waals surface area contributed by atoms with Crippen molar-refractivity contribution < 1.29 is 14.3 Å². The van der Waals surface area contributed by atoms with Crippen LogP contribution in [-0.4, -0.2) is 35.4 Å². The van der Waals surface area contributed by atoms with Gasteiger partial charge in [0, 0.05) is 17.6 Å². The molecule has 2 aliphatic heterocycles. The Bertz CT molecular complexity index is 566. The summed E-state index contributed by atoms with van der Waals surface area (Å²) in [7, 11) is 0. The van der Waals surface area contributed by atoms with E-state index in [1.54, 1.807) is 18.2 Å². The summed E-state index contributed by atoms with van der Waals surface area (Å²) in [5, 5.41) is 2.72. The van der Waals surface area contributed by atoms with Crippen LogP contribution in [0.3, 0.4) is 0 Å². The number of likely N-dealkylation sites (tertiary alicyclic amines) is 1. The van der Waals surface area contributed by atoms with Crippen LogP contribution in [-0.2, 0) is 4.79 Å². The number of nitrogens with one attached hydrogen (secondary N) is 1. The fourth-order valence-corrected chi connectivity index (χ4v) is 2.42. The van der Waals surface area contributed by atoms with Crippen molar-refractivity contribution in [2.75, 3.05) is 18.5 Å². The second kappa shape index (κ2) is 3.98. The van der Waals surface area contributed by atoms with E-state index >= 15 is 0 Å². The first-order valence-electron chi connectivity index (χ1n) is 6.36. The van der Waals surface area contributed by atoms with Crippen molar-refractivity contribution in [2.45, 2.75) is 25.8 Å². The van der Waals surface area contributed by atoms with E-state index in [0.29, 0.717) is 17.0 Å². The molecule has 1 aromatic rings. The van der Waals surface area contributed by atoms with Gasteiger partial charge in [-0.15, -0.1) is 0 Å². The lowest BCUT2D eigenvalue weighted by atomic mass is 9.88. The monoisotopic (exact) mass is 260 g/mol. The van der Waals surface area contributed by atoms with Crippen molar-refractivity contribution in [2.24, 2.45) is 0 Å². The summed E-state index contributed by atoms with van der Waals surface area (Å²) < 4.78 is 5.28. The topological polar surface area (TPSA) is 58.6 Å². The molecule has 19 heavy (non-hydrogen) atoms. The van der Waals surface area contributed by atoms with Crippen molar-refractivity contribution in [1.29, 1.82) is 0 Å². The molecule has 0 saturated carbocycles. The third-order valence-corrected chi connectivity index (χ3v) is 3.78. The van der Waals surface area contributed by atoms with Crippen LogP contribution in [0.15, 0.2) is 18.2 Å². The van der Waals surface area contributed by atoms with Crippen molar-refractivity contribution in [1.82, 2.24) is 4.90 Å². The molecule has 1 aromatic carbocycles. The van der Waals surface area contributed by atoms with Gasteiger partial charge in [-0.1, -0.05) is 0 Å². The van der Waals surface area contributed by atoms with Gasteiger partial charge in [-0.05, 0) is 38.5 Å². The van der Waals surface area contributed by atoms with Crippen LogP contribution in [0.1, 0.15) is 30.6 Å². The Morgan fingerprint density at radius 2 is 2.21 bits per heavy atom. The van der Waals surface area contributed by atoms with Crippen LogP contribution in [0.2, 0.25) is 0 Å². The molecule has 100 valence electrons. The minimum atomic E-state index is -0.193. The van der Waals surface area contributed by atoms with Gasteiger partial charge in [0.1, 0.15) is 5.75 Å². The number of amides is 2. The van der Waals surface area contributed by atoms with E-state index in [4.69, 9.17) is 4.74 Å². The molecule has 0 spiro atoms. The standard InChI is InChI=1S/C14H16N2O3/c1-14(2)5-6-16(14)13(18)9-3-4-11-10(7-9)15-12(17)8-19-11/h3-4,7H,5-6,8H2,1-2H3,(H,15,17). The molecule has 0 atom stereocenters. The zero-order chi connectivity index (χ0) is 13.6. The molecule has 0 radical (unpaired) electrons. The highest BCUT2D eigenvalue weighted by Crippen LogP contribution is 2.33. The number of rotatable bonds is 1. The van der Waals surface area contributed by atoms with Crippen molar-refractivity contribution in [3.05, 3.63) is 23.8 Å². The first kappa shape index (κ1) is 12.0. The zero-order valence-corrected chi connectivity index (χ0v) is 11.0. The second-order valence-corrected chi connectivity index (χ2v) is 5.57. The summed E-state index contributed by atoms with van der Waals surface area (Å²) >= 11 is 0. The van der Waals surface area contributed by atoms with Crippen LogP contribution in [0.5, 0.6) is 5.75 Å². The first-order valence-corrected chi connectivity index (χ1v) is 6.36. The van der Waals surface area contributed by atoms with Gasteiger partial charge in [0.2, 0.25) is 0 Å². The molecule has 0 bridgehead atoms. The SMILES string of the molecule is CC1(C)CCN1C(=O)c1ccc2c(c1)NC(=O)CO2. The van der Waals surface area contributed by atoms with Gasteiger partial charge in [-0.2, -0.15) is 0 Å². The Hall–Kier alpha value is -2.04. The number of hydrogen-bond acceptors (Lipinski definition) is 3. The molecule has 2 heterocycles. The second-order valence-electron chi connectivity index (χ2n) is 5.57. The molecule has 0 unspecified atom stereocenters. The minimum absolute atomic E-state index is 0.00104. The van der Waals surface area contributed by atoms with Gasteiger partial charge in [-0.25, -0.2) is 0 Å². The van der Waals surface area contributed by atoms with E-state index in [9.17, 15) is 9.59 Å². The lowest BCUT2D eigenvalue weighted by molar-refractivity contribution is -0.118. The lowest BCUT2D eigenvalue weighted by Gasteiger charge is -2.48. The number of nitrogens with zero attached hydrogens (tertiary/aromatic N) is 1. The van der Waals surface area contributed by atoms with Crippen LogP contribution in [0.25, 0.3) is 0 Å². The normalized spacial score (nSPS) is 19.9. The Labute approximate surface area is 111 Å². The summed E-state index contributed by atoms with van der Waals surface area (Å²) in [6.07, 6.45) is 1.02. The molecule has 2 amide bonds. The van der Waals surface area contributed by atoms with Gasteiger partial charge < -0.3 is 15.0 Å². The van der Waals surface area contributed by atoms with E-state index in [2.05, 4.69) is 19.2 Å². The van der Waals surface area contributed by atoms with Crippen LogP contribution in [0, 0.1) is 0 Å². The highest BCUT2D eigenvalue weighted by Gasteiger charge is 2.39. The Morgan fingerprint density at radius 1 is 1.42 bits per heavy atom. The maximum absolute atomic E-state index is 12.4. The average Bonchev–Trinajstić information content (AvgIpc) is 2.36. The third-order valence-electron chi connectivity index (χ3n) is 3.78. The van der Waals surface area contributed by atoms with Gasteiger partial charge in [0.25, 0.3) is 11.8 Å². The molecule has 1 fully saturated rings. The number of anilines is 1. The number of carbonyl (C=O) groups is 2. The summed E-state index contributed by atoms with van der Waals surface area (Å²) in [5.74, 6) is 0.416. The molecule has 0 aliphatic carbocycles. The molecular weight excluding hydrogens is 244 g/mol. The number of benzene rings is 1. The number of carbonyl (C=O) groups excluding carboxylic acids is 2. The largest absolute Gasteiger partial charge is 0.482 e. The lowest BCUT2D eigenvalue weighted by Crippen LogP contribution is -2.58. The number of fused-ring (bicyclic) bond motifs is 1. The summed E-state index contributed by atoms with van der Waals surface area (Å²) in [6, 6.07) is 5.16. The first-order chi connectivity index (χ1) is 8.97.